The molecule has 4 rings (SSSR count). The number of anilines is 1. The van der Waals surface area contributed by atoms with E-state index in [4.69, 9.17) is 16.6 Å². The van der Waals surface area contributed by atoms with Crippen LogP contribution in [0.5, 0.6) is 0 Å². The van der Waals surface area contributed by atoms with E-state index in [1.165, 1.54) is 31.2 Å². The lowest BCUT2D eigenvalue weighted by Crippen LogP contribution is -2.10. The molecule has 1 saturated carbocycles. The van der Waals surface area contributed by atoms with E-state index >= 15 is 0 Å². The molecule has 1 aliphatic rings. The smallest absolute Gasteiger partial charge is 0.110 e. The minimum Gasteiger partial charge on any atom is -0.342 e. The summed E-state index contributed by atoms with van der Waals surface area (Å²) in [6.07, 6.45) is 3.84. The van der Waals surface area contributed by atoms with Crippen LogP contribution in [-0.4, -0.2) is 9.97 Å². The van der Waals surface area contributed by atoms with E-state index in [-0.39, 0.29) is 0 Å². The highest BCUT2D eigenvalue weighted by Crippen LogP contribution is 2.36. The molecule has 22 heavy (non-hydrogen) atoms. The molecule has 1 heterocycles. The summed E-state index contributed by atoms with van der Waals surface area (Å²) in [5.41, 5.74) is 3.17. The minimum atomic E-state index is 0.626. The predicted molar refractivity (Wildman–Crippen MR) is 93.6 cm³/mol. The van der Waals surface area contributed by atoms with Crippen LogP contribution in [0.4, 0.5) is 5.69 Å². The maximum Gasteiger partial charge on any atom is 0.110 e. The molecule has 1 aromatic heterocycles. The summed E-state index contributed by atoms with van der Waals surface area (Å²) >= 11 is 7.69. The molecule has 3 nitrogen and oxygen atoms in total. The molecule has 0 unspecified atom stereocenters. The van der Waals surface area contributed by atoms with Crippen LogP contribution < -0.4 is 4.72 Å². The number of hydrogen-bond donors (Lipinski definition) is 2. The summed E-state index contributed by atoms with van der Waals surface area (Å²) in [6, 6.07) is 14.0. The molecule has 0 spiro atoms. The second-order valence-electron chi connectivity index (χ2n) is 5.62. The topological polar surface area (TPSA) is 40.7 Å². The number of nitrogens with one attached hydrogen (secondary N) is 2. The first-order chi connectivity index (χ1) is 10.8. The van der Waals surface area contributed by atoms with Gasteiger partial charge in [-0.3, -0.25) is 0 Å². The highest BCUT2D eigenvalue weighted by molar-refractivity contribution is 8.00. The first kappa shape index (κ1) is 14.0. The van der Waals surface area contributed by atoms with Crippen molar-refractivity contribution in [3.8, 4) is 0 Å². The molecule has 0 saturated heterocycles. The van der Waals surface area contributed by atoms with Crippen molar-refractivity contribution < 1.29 is 0 Å². The van der Waals surface area contributed by atoms with Crippen LogP contribution in [0.3, 0.4) is 0 Å². The van der Waals surface area contributed by atoms with Crippen molar-refractivity contribution in [1.29, 1.82) is 0 Å². The maximum absolute atomic E-state index is 6.17. The third-order valence-corrected chi connectivity index (χ3v) is 5.46. The zero-order valence-corrected chi connectivity index (χ0v) is 13.5. The van der Waals surface area contributed by atoms with Crippen LogP contribution in [0.2, 0.25) is 5.02 Å². The number of H-pyrrole nitrogens is 1. The lowest BCUT2D eigenvalue weighted by Gasteiger charge is -2.22. The second-order valence-corrected chi connectivity index (χ2v) is 6.87. The first-order valence-electron chi connectivity index (χ1n) is 7.46. The van der Waals surface area contributed by atoms with Gasteiger partial charge < -0.3 is 9.71 Å². The van der Waals surface area contributed by atoms with E-state index in [0.29, 0.717) is 5.92 Å². The Bertz CT molecular complexity index is 811. The average molecular weight is 330 g/mol. The fraction of sp³-hybridized carbons (Fsp3) is 0.235. The van der Waals surface area contributed by atoms with Crippen LogP contribution in [0.25, 0.3) is 11.0 Å². The number of fused-ring (bicyclic) bond motifs is 1. The van der Waals surface area contributed by atoms with Gasteiger partial charge in [0.25, 0.3) is 0 Å². The molecule has 112 valence electrons. The Morgan fingerprint density at radius 1 is 1.18 bits per heavy atom. The summed E-state index contributed by atoms with van der Waals surface area (Å²) in [5, 5.41) is 0.759. The van der Waals surface area contributed by atoms with Crippen LogP contribution in [0.1, 0.15) is 31.0 Å². The molecule has 0 aliphatic heterocycles. The Morgan fingerprint density at radius 2 is 2.05 bits per heavy atom. The zero-order chi connectivity index (χ0) is 14.9. The van der Waals surface area contributed by atoms with Gasteiger partial charge in [-0.25, -0.2) is 4.98 Å². The first-order valence-corrected chi connectivity index (χ1v) is 8.66. The molecule has 0 radical (unpaired) electrons. The number of rotatable bonds is 4. The monoisotopic (exact) mass is 329 g/mol. The standard InChI is InChI=1S/C17H16ClN3S/c18-13-6-1-2-7-16(13)22-21-12-8-9-14-15(10-12)20-17(19-14)11-4-3-5-11/h1-2,6-11,21H,3-5H2,(H,19,20). The van der Waals surface area contributed by atoms with Crippen molar-refractivity contribution in [3.05, 3.63) is 53.3 Å². The quantitative estimate of drug-likeness (QED) is 0.612. The normalized spacial score (nSPS) is 15.0. The molecule has 0 atom stereocenters. The largest absolute Gasteiger partial charge is 0.342 e. The summed E-state index contributed by atoms with van der Waals surface area (Å²) in [4.78, 5) is 9.18. The third kappa shape index (κ3) is 2.69. The molecule has 0 amide bonds. The number of halogens is 1. The number of benzene rings is 2. The molecular formula is C17H16ClN3S. The molecule has 5 heteroatoms. The van der Waals surface area contributed by atoms with E-state index in [2.05, 4.69) is 27.9 Å². The van der Waals surface area contributed by atoms with E-state index in [1.54, 1.807) is 0 Å². The Labute approximate surface area is 138 Å². The van der Waals surface area contributed by atoms with Crippen molar-refractivity contribution in [3.63, 3.8) is 0 Å². The molecule has 2 aromatic carbocycles. The van der Waals surface area contributed by atoms with Crippen molar-refractivity contribution >= 4 is 40.3 Å². The fourth-order valence-corrected chi connectivity index (χ4v) is 3.53. The van der Waals surface area contributed by atoms with Crippen molar-refractivity contribution in [2.24, 2.45) is 0 Å². The second kappa shape index (κ2) is 5.86. The number of hydrogen-bond acceptors (Lipinski definition) is 3. The Hall–Kier alpha value is -1.65. The lowest BCUT2D eigenvalue weighted by molar-refractivity contribution is 0.405. The summed E-state index contributed by atoms with van der Waals surface area (Å²) < 4.78 is 3.34. The van der Waals surface area contributed by atoms with E-state index in [0.717, 1.165) is 32.5 Å². The lowest BCUT2D eigenvalue weighted by atomic mass is 9.85. The van der Waals surface area contributed by atoms with Crippen LogP contribution in [-0.2, 0) is 0 Å². The molecule has 0 bridgehead atoms. The number of nitrogens with zero attached hydrogens (tertiary/aromatic N) is 1. The SMILES string of the molecule is Clc1ccccc1SNc1ccc2nc(C3CCC3)[nH]c2c1. The fourth-order valence-electron chi connectivity index (χ4n) is 2.61. The highest BCUT2D eigenvalue weighted by atomic mass is 35.5. The van der Waals surface area contributed by atoms with Crippen LogP contribution >= 0.6 is 23.5 Å². The summed E-state index contributed by atoms with van der Waals surface area (Å²) in [7, 11) is 0. The van der Waals surface area contributed by atoms with E-state index < -0.39 is 0 Å². The van der Waals surface area contributed by atoms with Gasteiger partial charge in [0.2, 0.25) is 0 Å². The Balaban J connectivity index is 1.53. The van der Waals surface area contributed by atoms with Gasteiger partial charge in [-0.1, -0.05) is 30.2 Å². The molecular weight excluding hydrogens is 314 g/mol. The molecule has 3 aromatic rings. The maximum atomic E-state index is 6.17. The number of aromatic amines is 1. The summed E-state index contributed by atoms with van der Waals surface area (Å²) in [5.74, 6) is 1.76. The summed E-state index contributed by atoms with van der Waals surface area (Å²) in [6.45, 7) is 0. The molecule has 2 N–H and O–H groups in total. The third-order valence-electron chi connectivity index (χ3n) is 4.11. The predicted octanol–water partition coefficient (Wildman–Crippen LogP) is 5.60. The molecule has 1 aliphatic carbocycles. The Morgan fingerprint density at radius 3 is 2.82 bits per heavy atom. The van der Waals surface area contributed by atoms with Gasteiger partial charge in [0, 0.05) is 16.5 Å². The molecule has 1 fully saturated rings. The van der Waals surface area contributed by atoms with Gasteiger partial charge in [0.05, 0.1) is 16.1 Å². The van der Waals surface area contributed by atoms with Gasteiger partial charge in [0.1, 0.15) is 5.82 Å². The van der Waals surface area contributed by atoms with Crippen LogP contribution in [0, 0.1) is 0 Å². The number of aromatic nitrogens is 2. The number of imidazole rings is 1. The van der Waals surface area contributed by atoms with Crippen LogP contribution in [0.15, 0.2) is 47.4 Å². The minimum absolute atomic E-state index is 0.626. The van der Waals surface area contributed by atoms with Gasteiger partial charge in [-0.15, -0.1) is 0 Å². The van der Waals surface area contributed by atoms with Crippen molar-refractivity contribution in [1.82, 2.24) is 9.97 Å². The van der Waals surface area contributed by atoms with Gasteiger partial charge in [-0.05, 0) is 55.1 Å². The van der Waals surface area contributed by atoms with E-state index in [9.17, 15) is 0 Å². The van der Waals surface area contributed by atoms with Gasteiger partial charge in [0.15, 0.2) is 0 Å². The zero-order valence-electron chi connectivity index (χ0n) is 12.0. The Kier molecular flexibility index (Phi) is 3.72. The van der Waals surface area contributed by atoms with Gasteiger partial charge >= 0.3 is 0 Å². The highest BCUT2D eigenvalue weighted by Gasteiger charge is 2.22. The van der Waals surface area contributed by atoms with Crippen molar-refractivity contribution in [2.75, 3.05) is 4.72 Å². The van der Waals surface area contributed by atoms with E-state index in [1.807, 2.05) is 24.3 Å². The average Bonchev–Trinajstić information content (AvgIpc) is 2.87. The van der Waals surface area contributed by atoms with Gasteiger partial charge in [-0.2, -0.15) is 0 Å². The van der Waals surface area contributed by atoms with Crippen molar-refractivity contribution in [2.45, 2.75) is 30.1 Å².